The number of rotatable bonds is 6. The van der Waals surface area contributed by atoms with Crippen LogP contribution in [0.25, 0.3) is 5.69 Å². The summed E-state index contributed by atoms with van der Waals surface area (Å²) in [5.74, 6) is 0.552. The lowest BCUT2D eigenvalue weighted by Gasteiger charge is -2.25. The van der Waals surface area contributed by atoms with E-state index in [0.717, 1.165) is 11.3 Å². The number of hydrogen-bond donors (Lipinski definition) is 0. The summed E-state index contributed by atoms with van der Waals surface area (Å²) in [4.78, 5) is 19.6. The maximum absolute atomic E-state index is 12.7. The maximum atomic E-state index is 12.7. The third-order valence-electron chi connectivity index (χ3n) is 4.73. The first-order valence-electron chi connectivity index (χ1n) is 8.86. The Labute approximate surface area is 164 Å². The molecule has 3 aromatic rings. The van der Waals surface area contributed by atoms with Crippen molar-refractivity contribution in [3.05, 3.63) is 71.8 Å². The molecule has 1 heterocycles. The van der Waals surface area contributed by atoms with Crippen LogP contribution in [0.3, 0.4) is 0 Å². The predicted octanol–water partition coefficient (Wildman–Crippen LogP) is 4.20. The number of hydrogen-bond acceptors (Lipinski definition) is 4. The second kappa shape index (κ2) is 8.39. The van der Waals surface area contributed by atoms with Crippen molar-refractivity contribution in [3.63, 3.8) is 0 Å². The van der Waals surface area contributed by atoms with Gasteiger partial charge in [0.15, 0.2) is 0 Å². The summed E-state index contributed by atoms with van der Waals surface area (Å²) in [7, 11) is 1.86. The van der Waals surface area contributed by atoms with Gasteiger partial charge in [-0.25, -0.2) is 9.67 Å². The van der Waals surface area contributed by atoms with Gasteiger partial charge in [0.05, 0.1) is 17.5 Å². The van der Waals surface area contributed by atoms with Crippen molar-refractivity contribution in [2.45, 2.75) is 31.7 Å². The summed E-state index contributed by atoms with van der Waals surface area (Å²) in [5.41, 5.74) is 4.46. The van der Waals surface area contributed by atoms with Crippen LogP contribution in [-0.4, -0.2) is 38.4 Å². The Hall–Kier alpha value is -2.60. The van der Waals surface area contributed by atoms with Crippen LogP contribution in [0, 0.1) is 13.8 Å². The number of nitrogens with zero attached hydrogens (tertiary/aromatic N) is 4. The highest BCUT2D eigenvalue weighted by Gasteiger charge is 2.18. The van der Waals surface area contributed by atoms with Crippen molar-refractivity contribution in [1.82, 2.24) is 19.7 Å². The van der Waals surface area contributed by atoms with Crippen molar-refractivity contribution < 1.29 is 4.79 Å². The summed E-state index contributed by atoms with van der Waals surface area (Å²) >= 11 is 1.60. The van der Waals surface area contributed by atoms with Crippen molar-refractivity contribution in [1.29, 1.82) is 0 Å². The van der Waals surface area contributed by atoms with Crippen LogP contribution >= 0.6 is 11.8 Å². The van der Waals surface area contributed by atoms with Gasteiger partial charge in [-0.2, -0.15) is 5.10 Å². The molecule has 0 unspecified atom stereocenters. The molecule has 0 aliphatic carbocycles. The second-order valence-electron chi connectivity index (χ2n) is 6.67. The number of benzene rings is 2. The minimum absolute atomic E-state index is 0.00139. The Morgan fingerprint density at radius 1 is 1.19 bits per heavy atom. The van der Waals surface area contributed by atoms with Gasteiger partial charge in [-0.05, 0) is 50.1 Å². The molecular formula is C21H24N4OS. The molecular weight excluding hydrogens is 356 g/mol. The molecule has 0 fully saturated rings. The topological polar surface area (TPSA) is 51.0 Å². The Bertz CT molecular complexity index is 906. The summed E-state index contributed by atoms with van der Waals surface area (Å²) in [6.45, 7) is 6.20. The zero-order valence-corrected chi connectivity index (χ0v) is 16.9. The van der Waals surface area contributed by atoms with Gasteiger partial charge in [0.2, 0.25) is 5.91 Å². The summed E-state index contributed by atoms with van der Waals surface area (Å²) in [5, 5.41) is 4.13. The van der Waals surface area contributed by atoms with Crippen molar-refractivity contribution in [2.24, 2.45) is 0 Å². The van der Waals surface area contributed by atoms with Crippen LogP contribution in [0.4, 0.5) is 0 Å². The van der Waals surface area contributed by atoms with Gasteiger partial charge in [-0.1, -0.05) is 29.8 Å². The van der Waals surface area contributed by atoms with E-state index in [-0.39, 0.29) is 11.9 Å². The average Bonchev–Trinajstić information content (AvgIpc) is 3.22. The highest BCUT2D eigenvalue weighted by atomic mass is 32.2. The first-order chi connectivity index (χ1) is 13.0. The molecule has 0 N–H and O–H groups in total. The van der Waals surface area contributed by atoms with Crippen LogP contribution in [0.1, 0.15) is 29.7 Å². The molecule has 6 heteroatoms. The van der Waals surface area contributed by atoms with Gasteiger partial charge in [-0.3, -0.25) is 4.79 Å². The Balaban J connectivity index is 1.63. The molecule has 2 aromatic carbocycles. The maximum Gasteiger partial charge on any atom is 0.233 e. The Morgan fingerprint density at radius 2 is 1.93 bits per heavy atom. The Kier molecular flexibility index (Phi) is 5.96. The predicted molar refractivity (Wildman–Crippen MR) is 109 cm³/mol. The average molecular weight is 381 g/mol. The molecule has 0 saturated carbocycles. The molecule has 1 aromatic heterocycles. The van der Waals surface area contributed by atoms with Crippen LogP contribution in [0.15, 0.2) is 60.0 Å². The van der Waals surface area contributed by atoms with E-state index in [4.69, 9.17) is 0 Å². The van der Waals surface area contributed by atoms with Crippen molar-refractivity contribution in [3.8, 4) is 5.69 Å². The molecule has 0 saturated heterocycles. The monoisotopic (exact) mass is 380 g/mol. The van der Waals surface area contributed by atoms with Gasteiger partial charge in [0, 0.05) is 11.9 Å². The standard InChI is InChI=1S/C21H24N4OS/c1-15-5-6-16(2)20(11-15)27-12-21(26)24(4)17(3)18-7-9-19(10-8-18)25-14-22-13-23-25/h5-11,13-14,17H,12H2,1-4H3/t17-/m0/s1. The molecule has 1 atom stereocenters. The minimum atomic E-state index is 0.00139. The fraction of sp³-hybridized carbons (Fsp3) is 0.286. The SMILES string of the molecule is Cc1ccc(C)c(SCC(=O)N(C)[C@@H](C)c2ccc(-n3cncn3)cc2)c1. The van der Waals surface area contributed by atoms with Gasteiger partial charge in [-0.15, -0.1) is 11.8 Å². The lowest BCUT2D eigenvalue weighted by atomic mass is 10.1. The molecule has 5 nitrogen and oxygen atoms in total. The van der Waals surface area contributed by atoms with E-state index in [0.29, 0.717) is 5.75 Å². The Morgan fingerprint density at radius 3 is 2.59 bits per heavy atom. The number of carbonyl (C=O) groups is 1. The van der Waals surface area contributed by atoms with E-state index < -0.39 is 0 Å². The zero-order valence-electron chi connectivity index (χ0n) is 16.1. The fourth-order valence-electron chi connectivity index (χ4n) is 2.79. The molecule has 3 rings (SSSR count). The molecule has 0 aliphatic heterocycles. The van der Waals surface area contributed by atoms with E-state index in [9.17, 15) is 4.79 Å². The summed E-state index contributed by atoms with van der Waals surface area (Å²) in [6.07, 6.45) is 3.18. The largest absolute Gasteiger partial charge is 0.338 e. The van der Waals surface area contributed by atoms with E-state index >= 15 is 0 Å². The first kappa shape index (κ1) is 19.2. The van der Waals surface area contributed by atoms with E-state index in [1.807, 2.05) is 43.1 Å². The van der Waals surface area contributed by atoms with Crippen LogP contribution in [0.5, 0.6) is 0 Å². The number of thioether (sulfide) groups is 1. The first-order valence-corrected chi connectivity index (χ1v) is 9.85. The van der Waals surface area contributed by atoms with E-state index in [1.54, 1.807) is 22.8 Å². The lowest BCUT2D eigenvalue weighted by Crippen LogP contribution is -2.31. The fourth-order valence-corrected chi connectivity index (χ4v) is 3.84. The molecule has 0 radical (unpaired) electrons. The highest BCUT2D eigenvalue weighted by Crippen LogP contribution is 2.26. The van der Waals surface area contributed by atoms with Gasteiger partial charge in [0.25, 0.3) is 0 Å². The number of aromatic nitrogens is 3. The quantitative estimate of drug-likeness (QED) is 0.602. The molecule has 1 amide bonds. The molecule has 0 bridgehead atoms. The summed E-state index contributed by atoms with van der Waals surface area (Å²) in [6, 6.07) is 14.4. The number of carbonyl (C=O) groups excluding carboxylic acids is 1. The third kappa shape index (κ3) is 4.57. The van der Waals surface area contributed by atoms with Crippen LogP contribution in [-0.2, 0) is 4.79 Å². The normalized spacial score (nSPS) is 12.0. The van der Waals surface area contributed by atoms with Crippen LogP contribution in [0.2, 0.25) is 0 Å². The molecule has 0 aliphatic rings. The van der Waals surface area contributed by atoms with Crippen molar-refractivity contribution >= 4 is 17.7 Å². The zero-order chi connectivity index (χ0) is 19.4. The van der Waals surface area contributed by atoms with E-state index in [1.165, 1.54) is 22.3 Å². The van der Waals surface area contributed by atoms with Gasteiger partial charge in [0.1, 0.15) is 12.7 Å². The molecule has 140 valence electrons. The lowest BCUT2D eigenvalue weighted by molar-refractivity contribution is -0.128. The van der Waals surface area contributed by atoms with E-state index in [2.05, 4.69) is 42.1 Å². The number of aryl methyl sites for hydroxylation is 2. The second-order valence-corrected chi connectivity index (χ2v) is 7.69. The molecule has 0 spiro atoms. The smallest absolute Gasteiger partial charge is 0.233 e. The van der Waals surface area contributed by atoms with Gasteiger partial charge >= 0.3 is 0 Å². The third-order valence-corrected chi connectivity index (χ3v) is 5.87. The highest BCUT2D eigenvalue weighted by molar-refractivity contribution is 8.00. The summed E-state index contributed by atoms with van der Waals surface area (Å²) < 4.78 is 1.71. The number of amides is 1. The molecule has 27 heavy (non-hydrogen) atoms. The minimum Gasteiger partial charge on any atom is -0.338 e. The van der Waals surface area contributed by atoms with Gasteiger partial charge < -0.3 is 4.90 Å². The van der Waals surface area contributed by atoms with Crippen molar-refractivity contribution in [2.75, 3.05) is 12.8 Å². The van der Waals surface area contributed by atoms with Crippen LogP contribution < -0.4 is 0 Å².